The zero-order valence-electron chi connectivity index (χ0n) is 8.09. The molecule has 0 aliphatic heterocycles. The van der Waals surface area contributed by atoms with Crippen molar-refractivity contribution < 1.29 is 0 Å². The van der Waals surface area contributed by atoms with Crippen LogP contribution in [0.15, 0.2) is 42.6 Å². The second-order valence-electron chi connectivity index (χ2n) is 3.16. The monoisotopic (exact) mass is 184 g/mol. The lowest BCUT2D eigenvalue weighted by molar-refractivity contribution is 0.765. The van der Waals surface area contributed by atoms with Crippen LogP contribution in [0.5, 0.6) is 0 Å². The third-order valence-corrected chi connectivity index (χ3v) is 1.98. The number of aryl methyl sites for hydroxylation is 1. The fourth-order valence-corrected chi connectivity index (χ4v) is 1.27. The average molecular weight is 184 g/mol. The second-order valence-corrected chi connectivity index (χ2v) is 3.16. The minimum atomic E-state index is 0.983. The molecular weight excluding hydrogens is 172 g/mol. The summed E-state index contributed by atoms with van der Waals surface area (Å²) in [4.78, 5) is 0. The normalized spacial score (nSPS) is 10.9. The maximum atomic E-state index is 4.26. The van der Waals surface area contributed by atoms with Crippen LogP contribution < -0.4 is 0 Å². The summed E-state index contributed by atoms with van der Waals surface area (Å²) in [6.07, 6.45) is 6.00. The molecule has 0 saturated carbocycles. The predicted octanol–water partition coefficient (Wildman–Crippen LogP) is 2.59. The summed E-state index contributed by atoms with van der Waals surface area (Å²) in [7, 11) is 1.92. The molecule has 0 radical (unpaired) electrons. The van der Waals surface area contributed by atoms with Crippen molar-refractivity contribution in [3.63, 3.8) is 0 Å². The van der Waals surface area contributed by atoms with Crippen molar-refractivity contribution in [1.29, 1.82) is 0 Å². The van der Waals surface area contributed by atoms with Gasteiger partial charge in [-0.3, -0.25) is 4.68 Å². The molecule has 70 valence electrons. The summed E-state index contributed by atoms with van der Waals surface area (Å²) in [6.45, 7) is 0. The summed E-state index contributed by atoms with van der Waals surface area (Å²) < 4.78 is 1.80. The van der Waals surface area contributed by atoms with Gasteiger partial charge in [0.25, 0.3) is 0 Å². The van der Waals surface area contributed by atoms with Gasteiger partial charge in [0.15, 0.2) is 0 Å². The number of rotatable bonds is 2. The van der Waals surface area contributed by atoms with E-state index in [1.807, 2.05) is 43.6 Å². The first kappa shape index (κ1) is 8.75. The van der Waals surface area contributed by atoms with E-state index in [0.717, 1.165) is 5.69 Å². The molecule has 0 saturated heterocycles. The van der Waals surface area contributed by atoms with Crippen LogP contribution in [-0.2, 0) is 7.05 Å². The molecule has 0 spiro atoms. The molecule has 14 heavy (non-hydrogen) atoms. The van der Waals surface area contributed by atoms with Crippen LogP contribution in [0, 0.1) is 0 Å². The molecule has 1 aromatic carbocycles. The molecule has 0 fully saturated rings. The van der Waals surface area contributed by atoms with Crippen molar-refractivity contribution in [3.8, 4) is 0 Å². The van der Waals surface area contributed by atoms with Crippen molar-refractivity contribution in [2.75, 3.05) is 0 Å². The molecule has 2 heteroatoms. The number of aromatic nitrogens is 2. The van der Waals surface area contributed by atoms with Crippen LogP contribution in [0.25, 0.3) is 12.2 Å². The average Bonchev–Trinajstić information content (AvgIpc) is 2.63. The van der Waals surface area contributed by atoms with Gasteiger partial charge in [0.1, 0.15) is 0 Å². The van der Waals surface area contributed by atoms with E-state index in [9.17, 15) is 0 Å². The van der Waals surface area contributed by atoms with Gasteiger partial charge in [0, 0.05) is 13.2 Å². The van der Waals surface area contributed by atoms with Crippen LogP contribution in [0.4, 0.5) is 0 Å². The van der Waals surface area contributed by atoms with Gasteiger partial charge in [-0.2, -0.15) is 5.10 Å². The molecule has 2 nitrogen and oxygen atoms in total. The van der Waals surface area contributed by atoms with Crippen LogP contribution in [0.3, 0.4) is 0 Å². The Bertz CT molecular complexity index is 427. The van der Waals surface area contributed by atoms with E-state index < -0.39 is 0 Å². The Morgan fingerprint density at radius 2 is 1.86 bits per heavy atom. The first-order valence-electron chi connectivity index (χ1n) is 4.57. The SMILES string of the molecule is Cn1ccc(/C=C/c2ccccc2)n1. The largest absolute Gasteiger partial charge is 0.275 e. The van der Waals surface area contributed by atoms with Gasteiger partial charge in [-0.25, -0.2) is 0 Å². The maximum absolute atomic E-state index is 4.26. The van der Waals surface area contributed by atoms with Gasteiger partial charge in [0.05, 0.1) is 5.69 Å². The number of benzene rings is 1. The van der Waals surface area contributed by atoms with Crippen molar-refractivity contribution in [3.05, 3.63) is 53.9 Å². The van der Waals surface area contributed by atoms with E-state index in [4.69, 9.17) is 0 Å². The predicted molar refractivity (Wildman–Crippen MR) is 58.6 cm³/mol. The highest BCUT2D eigenvalue weighted by atomic mass is 15.2. The third kappa shape index (κ3) is 2.10. The van der Waals surface area contributed by atoms with Gasteiger partial charge in [-0.1, -0.05) is 36.4 Å². The molecule has 0 aliphatic carbocycles. The minimum absolute atomic E-state index is 0.983. The molecule has 1 heterocycles. The first-order chi connectivity index (χ1) is 6.84. The molecule has 2 rings (SSSR count). The Balaban J connectivity index is 2.15. The molecular formula is C12H12N2. The maximum Gasteiger partial charge on any atom is 0.0850 e. The second kappa shape index (κ2) is 3.92. The topological polar surface area (TPSA) is 17.8 Å². The molecule has 0 N–H and O–H groups in total. The lowest BCUT2D eigenvalue weighted by Gasteiger charge is -1.89. The smallest absolute Gasteiger partial charge is 0.0850 e. The Labute approximate surface area is 83.5 Å². The highest BCUT2D eigenvalue weighted by Crippen LogP contribution is 2.05. The summed E-state index contributed by atoms with van der Waals surface area (Å²) >= 11 is 0. The van der Waals surface area contributed by atoms with E-state index in [2.05, 4.69) is 23.3 Å². The Kier molecular flexibility index (Phi) is 2.45. The number of nitrogens with zero attached hydrogens (tertiary/aromatic N) is 2. The van der Waals surface area contributed by atoms with E-state index in [-0.39, 0.29) is 0 Å². The van der Waals surface area contributed by atoms with Crippen LogP contribution in [0.2, 0.25) is 0 Å². The van der Waals surface area contributed by atoms with Gasteiger partial charge in [-0.15, -0.1) is 0 Å². The lowest BCUT2D eigenvalue weighted by atomic mass is 10.2. The number of hydrogen-bond donors (Lipinski definition) is 0. The molecule has 0 atom stereocenters. The van der Waals surface area contributed by atoms with Crippen molar-refractivity contribution in [1.82, 2.24) is 9.78 Å². The quantitative estimate of drug-likeness (QED) is 0.701. The zero-order valence-corrected chi connectivity index (χ0v) is 8.09. The van der Waals surface area contributed by atoms with Crippen LogP contribution in [0.1, 0.15) is 11.3 Å². The Morgan fingerprint density at radius 3 is 2.50 bits per heavy atom. The van der Waals surface area contributed by atoms with E-state index in [0.29, 0.717) is 0 Å². The van der Waals surface area contributed by atoms with Crippen LogP contribution >= 0.6 is 0 Å². The minimum Gasteiger partial charge on any atom is -0.275 e. The molecule has 2 aromatic rings. The zero-order chi connectivity index (χ0) is 9.80. The molecule has 0 bridgehead atoms. The van der Waals surface area contributed by atoms with Gasteiger partial charge in [-0.05, 0) is 17.7 Å². The van der Waals surface area contributed by atoms with Gasteiger partial charge < -0.3 is 0 Å². The molecule has 0 aliphatic rings. The molecule has 1 aromatic heterocycles. The fourth-order valence-electron chi connectivity index (χ4n) is 1.27. The van der Waals surface area contributed by atoms with E-state index in [1.54, 1.807) is 4.68 Å². The summed E-state index contributed by atoms with van der Waals surface area (Å²) in [6, 6.07) is 12.2. The standard InChI is InChI=1S/C12H12N2/c1-14-10-9-12(13-14)8-7-11-5-3-2-4-6-11/h2-10H,1H3/b8-7+. The summed E-state index contributed by atoms with van der Waals surface area (Å²) in [5, 5.41) is 4.26. The van der Waals surface area contributed by atoms with Gasteiger partial charge in [0.2, 0.25) is 0 Å². The van der Waals surface area contributed by atoms with Crippen molar-refractivity contribution in [2.45, 2.75) is 0 Å². The van der Waals surface area contributed by atoms with Crippen molar-refractivity contribution in [2.24, 2.45) is 7.05 Å². The van der Waals surface area contributed by atoms with E-state index in [1.165, 1.54) is 5.56 Å². The third-order valence-electron chi connectivity index (χ3n) is 1.98. The lowest BCUT2D eigenvalue weighted by Crippen LogP contribution is -1.86. The fraction of sp³-hybridized carbons (Fsp3) is 0.0833. The summed E-state index contributed by atoms with van der Waals surface area (Å²) in [5.74, 6) is 0. The Hall–Kier alpha value is -1.83. The highest BCUT2D eigenvalue weighted by Gasteiger charge is 1.89. The molecule has 0 amide bonds. The Morgan fingerprint density at radius 1 is 1.07 bits per heavy atom. The molecule has 0 unspecified atom stereocenters. The van der Waals surface area contributed by atoms with Crippen LogP contribution in [-0.4, -0.2) is 9.78 Å². The highest BCUT2D eigenvalue weighted by molar-refractivity contribution is 5.67. The first-order valence-corrected chi connectivity index (χ1v) is 4.57. The van der Waals surface area contributed by atoms with Crippen molar-refractivity contribution >= 4 is 12.2 Å². The number of hydrogen-bond acceptors (Lipinski definition) is 1. The van der Waals surface area contributed by atoms with E-state index >= 15 is 0 Å². The van der Waals surface area contributed by atoms with Gasteiger partial charge >= 0.3 is 0 Å². The summed E-state index contributed by atoms with van der Waals surface area (Å²) in [5.41, 5.74) is 2.18.